The molecule has 0 saturated heterocycles. The zero-order valence-electron chi connectivity index (χ0n) is 13.7. The van der Waals surface area contributed by atoms with Crippen LogP contribution in [0.4, 0.5) is 0 Å². The first-order chi connectivity index (χ1) is 11.7. The van der Waals surface area contributed by atoms with Gasteiger partial charge in [-0.2, -0.15) is 0 Å². The van der Waals surface area contributed by atoms with E-state index in [1.807, 2.05) is 28.7 Å². The number of fused-ring (bicyclic) bond motifs is 3. The smallest absolute Gasteiger partial charge is 0.231 e. The van der Waals surface area contributed by atoms with E-state index in [1.165, 1.54) is 31.0 Å². The third kappa shape index (κ3) is 2.88. The van der Waals surface area contributed by atoms with Crippen molar-refractivity contribution in [3.05, 3.63) is 24.3 Å². The van der Waals surface area contributed by atoms with Crippen LogP contribution in [0.15, 0.2) is 29.4 Å². The lowest BCUT2D eigenvalue weighted by molar-refractivity contribution is -0.119. The number of para-hydroxylation sites is 2. The highest BCUT2D eigenvalue weighted by molar-refractivity contribution is 7.99. The number of hydrogen-bond acceptors (Lipinski definition) is 4. The van der Waals surface area contributed by atoms with Gasteiger partial charge < -0.3 is 5.32 Å². The molecule has 1 saturated carbocycles. The Kier molecular flexibility index (Phi) is 4.18. The Balaban J connectivity index is 1.45. The van der Waals surface area contributed by atoms with Gasteiger partial charge in [0, 0.05) is 6.04 Å². The molecule has 1 aromatic carbocycles. The molecule has 1 amide bonds. The molecule has 0 aliphatic heterocycles. The molecule has 0 unspecified atom stereocenters. The molecule has 1 fully saturated rings. The number of amides is 1. The number of aromatic nitrogens is 4. The molecular formula is C17H21N5OS. The van der Waals surface area contributed by atoms with E-state index >= 15 is 0 Å². The summed E-state index contributed by atoms with van der Waals surface area (Å²) in [6.07, 6.45) is 4.79. The summed E-state index contributed by atoms with van der Waals surface area (Å²) in [6.45, 7) is 2.23. The van der Waals surface area contributed by atoms with Gasteiger partial charge in [-0.25, -0.2) is 10.1 Å². The van der Waals surface area contributed by atoms with Crippen LogP contribution in [0, 0.1) is 5.92 Å². The molecule has 2 N–H and O–H groups in total. The molecule has 2 atom stereocenters. The van der Waals surface area contributed by atoms with Gasteiger partial charge in [0.2, 0.25) is 11.7 Å². The molecule has 2 heterocycles. The number of nitrogens with one attached hydrogen (secondary N) is 2. The van der Waals surface area contributed by atoms with Crippen LogP contribution in [0.5, 0.6) is 0 Å². The number of H-pyrrole nitrogens is 1. The molecule has 2 aromatic heterocycles. The maximum Gasteiger partial charge on any atom is 0.231 e. The highest BCUT2D eigenvalue weighted by Gasteiger charge is 2.23. The number of benzene rings is 1. The van der Waals surface area contributed by atoms with E-state index < -0.39 is 0 Å². The molecular weight excluding hydrogens is 322 g/mol. The van der Waals surface area contributed by atoms with Crippen LogP contribution >= 0.6 is 11.8 Å². The van der Waals surface area contributed by atoms with Crippen molar-refractivity contribution in [3.63, 3.8) is 0 Å². The van der Waals surface area contributed by atoms with Crippen LogP contribution < -0.4 is 5.32 Å². The van der Waals surface area contributed by atoms with E-state index in [0.29, 0.717) is 23.5 Å². The van der Waals surface area contributed by atoms with E-state index in [9.17, 15) is 4.79 Å². The van der Waals surface area contributed by atoms with Gasteiger partial charge in [-0.05, 0) is 30.9 Å². The van der Waals surface area contributed by atoms with Crippen LogP contribution in [0.2, 0.25) is 0 Å². The molecule has 7 heteroatoms. The normalized spacial score (nSPS) is 21.4. The molecule has 0 spiro atoms. The molecule has 0 radical (unpaired) electrons. The first kappa shape index (κ1) is 15.5. The predicted octanol–water partition coefficient (Wildman–Crippen LogP) is 3.00. The number of rotatable bonds is 4. The first-order valence-electron chi connectivity index (χ1n) is 8.46. The van der Waals surface area contributed by atoms with Crippen molar-refractivity contribution in [1.29, 1.82) is 0 Å². The average molecular weight is 343 g/mol. The van der Waals surface area contributed by atoms with E-state index in [1.54, 1.807) is 0 Å². The maximum atomic E-state index is 12.3. The van der Waals surface area contributed by atoms with Gasteiger partial charge in [-0.1, -0.05) is 43.7 Å². The van der Waals surface area contributed by atoms with Gasteiger partial charge in [0.1, 0.15) is 0 Å². The summed E-state index contributed by atoms with van der Waals surface area (Å²) in [5, 5.41) is 11.2. The number of aromatic amines is 1. The van der Waals surface area contributed by atoms with Crippen molar-refractivity contribution >= 4 is 34.5 Å². The maximum absolute atomic E-state index is 12.3. The fraction of sp³-hybridized carbons (Fsp3) is 0.471. The van der Waals surface area contributed by atoms with E-state index in [2.05, 4.69) is 27.4 Å². The number of carbonyl (C=O) groups excluding carboxylic acids is 1. The van der Waals surface area contributed by atoms with Crippen LogP contribution in [-0.2, 0) is 4.79 Å². The lowest BCUT2D eigenvalue weighted by atomic mass is 9.86. The van der Waals surface area contributed by atoms with Crippen LogP contribution in [0.25, 0.3) is 16.8 Å². The average Bonchev–Trinajstić information content (AvgIpc) is 3.14. The van der Waals surface area contributed by atoms with Gasteiger partial charge in [0.15, 0.2) is 5.16 Å². The summed E-state index contributed by atoms with van der Waals surface area (Å²) in [5.74, 6) is 1.73. The molecule has 4 rings (SSSR count). The van der Waals surface area contributed by atoms with Gasteiger partial charge in [-0.3, -0.25) is 9.20 Å². The second kappa shape index (κ2) is 6.47. The molecule has 1 aliphatic rings. The lowest BCUT2D eigenvalue weighted by Crippen LogP contribution is -2.41. The Morgan fingerprint density at radius 1 is 1.38 bits per heavy atom. The van der Waals surface area contributed by atoms with Crippen molar-refractivity contribution in [2.45, 2.75) is 43.8 Å². The Morgan fingerprint density at radius 3 is 3.08 bits per heavy atom. The second-order valence-electron chi connectivity index (χ2n) is 6.49. The standard InChI is InChI=1S/C17H21N5OS/c1-11-6-2-3-7-12(11)18-15(23)10-24-17-21-20-16-19-13-8-4-5-9-14(13)22(16)17/h4-5,8-9,11-12H,2-3,6-7,10H2,1H3,(H,18,23)(H,19,20)/t11-,12+/m0/s1. The molecule has 1 aliphatic carbocycles. The topological polar surface area (TPSA) is 75.1 Å². The van der Waals surface area contributed by atoms with Gasteiger partial charge in [-0.15, -0.1) is 5.10 Å². The summed E-state index contributed by atoms with van der Waals surface area (Å²) < 4.78 is 1.97. The van der Waals surface area contributed by atoms with E-state index in [0.717, 1.165) is 22.6 Å². The van der Waals surface area contributed by atoms with Gasteiger partial charge >= 0.3 is 0 Å². The minimum Gasteiger partial charge on any atom is -0.352 e. The monoisotopic (exact) mass is 343 g/mol. The van der Waals surface area contributed by atoms with E-state index in [4.69, 9.17) is 0 Å². The predicted molar refractivity (Wildman–Crippen MR) is 95.1 cm³/mol. The van der Waals surface area contributed by atoms with Crippen LogP contribution in [0.3, 0.4) is 0 Å². The minimum atomic E-state index is 0.0827. The third-order valence-electron chi connectivity index (χ3n) is 4.79. The zero-order chi connectivity index (χ0) is 16.5. The third-order valence-corrected chi connectivity index (χ3v) is 5.73. The van der Waals surface area contributed by atoms with Crippen molar-refractivity contribution in [3.8, 4) is 0 Å². The summed E-state index contributed by atoms with van der Waals surface area (Å²) in [5.41, 5.74) is 1.93. The fourth-order valence-electron chi connectivity index (χ4n) is 3.45. The Morgan fingerprint density at radius 2 is 2.21 bits per heavy atom. The van der Waals surface area contributed by atoms with Crippen molar-refractivity contribution in [2.24, 2.45) is 5.92 Å². The van der Waals surface area contributed by atoms with Gasteiger partial charge in [0.25, 0.3) is 0 Å². The van der Waals surface area contributed by atoms with Crippen LogP contribution in [0.1, 0.15) is 32.6 Å². The number of imidazole rings is 1. The second-order valence-corrected chi connectivity index (χ2v) is 7.43. The highest BCUT2D eigenvalue weighted by atomic mass is 32.2. The number of hydrogen-bond donors (Lipinski definition) is 2. The van der Waals surface area contributed by atoms with Crippen LogP contribution in [-0.4, -0.2) is 37.3 Å². The summed E-state index contributed by atoms with van der Waals surface area (Å²) >= 11 is 1.44. The largest absolute Gasteiger partial charge is 0.352 e. The van der Waals surface area contributed by atoms with Crippen molar-refractivity contribution in [2.75, 3.05) is 5.75 Å². The minimum absolute atomic E-state index is 0.0827. The lowest BCUT2D eigenvalue weighted by Gasteiger charge is -2.29. The molecule has 126 valence electrons. The highest BCUT2D eigenvalue weighted by Crippen LogP contribution is 2.25. The Bertz CT molecular complexity index is 870. The summed E-state index contributed by atoms with van der Waals surface area (Å²) in [4.78, 5) is 16.8. The van der Waals surface area contributed by atoms with Gasteiger partial charge in [0.05, 0.1) is 16.8 Å². The number of carbonyl (C=O) groups is 1. The molecule has 6 nitrogen and oxygen atoms in total. The Hall–Kier alpha value is -2.02. The van der Waals surface area contributed by atoms with Crippen molar-refractivity contribution < 1.29 is 4.79 Å². The number of thioether (sulfide) groups is 1. The SMILES string of the molecule is C[C@H]1CCCC[C@H]1NC(=O)CSc1n[nH]c2nc3ccccc3n12. The van der Waals surface area contributed by atoms with Crippen molar-refractivity contribution in [1.82, 2.24) is 24.9 Å². The summed E-state index contributed by atoms with van der Waals surface area (Å²) in [7, 11) is 0. The Labute approximate surface area is 144 Å². The first-order valence-corrected chi connectivity index (χ1v) is 9.44. The zero-order valence-corrected chi connectivity index (χ0v) is 14.5. The number of nitrogens with zero attached hydrogens (tertiary/aromatic N) is 3. The molecule has 0 bridgehead atoms. The fourth-order valence-corrected chi connectivity index (χ4v) is 4.22. The quantitative estimate of drug-likeness (QED) is 0.714. The summed E-state index contributed by atoms with van der Waals surface area (Å²) in [6, 6.07) is 8.25. The molecule has 3 aromatic rings. The molecule has 24 heavy (non-hydrogen) atoms. The van der Waals surface area contributed by atoms with E-state index in [-0.39, 0.29) is 5.91 Å².